The van der Waals surface area contributed by atoms with Crippen LogP contribution in [0.3, 0.4) is 0 Å². The fraction of sp³-hybridized carbons (Fsp3) is 0.500. The van der Waals surface area contributed by atoms with Gasteiger partial charge in [0.05, 0.1) is 6.61 Å². The molecule has 1 heterocycles. The zero-order chi connectivity index (χ0) is 13.7. The van der Waals surface area contributed by atoms with Crippen LogP contribution in [-0.2, 0) is 6.42 Å². The van der Waals surface area contributed by atoms with E-state index in [1.807, 2.05) is 13.0 Å². The van der Waals surface area contributed by atoms with Gasteiger partial charge in [-0.1, -0.05) is 13.8 Å². The number of hydrogen-bond acceptors (Lipinski definition) is 2. The summed E-state index contributed by atoms with van der Waals surface area (Å²) in [5.41, 5.74) is 2.57. The normalized spacial score (nSPS) is 10.8. The summed E-state index contributed by atoms with van der Waals surface area (Å²) in [7, 11) is 0. The van der Waals surface area contributed by atoms with E-state index in [9.17, 15) is 0 Å². The molecule has 0 aliphatic carbocycles. The van der Waals surface area contributed by atoms with Crippen LogP contribution < -0.4 is 10.1 Å². The number of halogens is 1. The van der Waals surface area contributed by atoms with Crippen LogP contribution in [0.4, 0.5) is 0 Å². The molecule has 20 heavy (non-hydrogen) atoms. The third kappa shape index (κ3) is 4.43. The summed E-state index contributed by atoms with van der Waals surface area (Å²) >= 11 is 0. The van der Waals surface area contributed by atoms with Crippen LogP contribution in [0.2, 0.25) is 0 Å². The molecule has 0 saturated carbocycles. The molecule has 2 rings (SSSR count). The van der Waals surface area contributed by atoms with E-state index in [0.717, 1.165) is 25.1 Å². The Balaban J connectivity index is 0.00000200. The third-order valence-corrected chi connectivity index (χ3v) is 3.23. The molecule has 0 bridgehead atoms. The minimum Gasteiger partial charge on any atom is -0.494 e. The van der Waals surface area contributed by atoms with Crippen molar-refractivity contribution < 1.29 is 4.74 Å². The van der Waals surface area contributed by atoms with Crippen LogP contribution >= 0.6 is 12.4 Å². The summed E-state index contributed by atoms with van der Waals surface area (Å²) in [5, 5.41) is 4.74. The van der Waals surface area contributed by atoms with Crippen molar-refractivity contribution in [3.8, 4) is 5.75 Å². The van der Waals surface area contributed by atoms with Gasteiger partial charge in [-0.15, -0.1) is 12.4 Å². The summed E-state index contributed by atoms with van der Waals surface area (Å²) in [6.07, 6.45) is 4.37. The summed E-state index contributed by atoms with van der Waals surface area (Å²) in [4.78, 5) is 3.33. The second-order valence-electron chi connectivity index (χ2n) is 5.17. The number of aromatic nitrogens is 1. The predicted octanol–water partition coefficient (Wildman–Crippen LogP) is 3.92. The number of aromatic amines is 1. The first kappa shape index (κ1) is 16.9. The fourth-order valence-electron chi connectivity index (χ4n) is 2.29. The molecule has 0 aliphatic heterocycles. The molecule has 4 heteroatoms. The van der Waals surface area contributed by atoms with Crippen molar-refractivity contribution in [1.29, 1.82) is 0 Å². The van der Waals surface area contributed by atoms with Gasteiger partial charge >= 0.3 is 0 Å². The molecule has 0 amide bonds. The van der Waals surface area contributed by atoms with Crippen molar-refractivity contribution in [2.75, 3.05) is 13.2 Å². The Morgan fingerprint density at radius 1 is 1.30 bits per heavy atom. The van der Waals surface area contributed by atoms with Gasteiger partial charge in [-0.05, 0) is 50.1 Å². The quantitative estimate of drug-likeness (QED) is 0.760. The van der Waals surface area contributed by atoms with Crippen LogP contribution in [0, 0.1) is 0 Å². The minimum absolute atomic E-state index is 0. The third-order valence-electron chi connectivity index (χ3n) is 3.23. The molecular formula is C16H25ClN2O. The lowest BCUT2D eigenvalue weighted by Gasteiger charge is -2.07. The average molecular weight is 297 g/mol. The monoisotopic (exact) mass is 296 g/mol. The van der Waals surface area contributed by atoms with Crippen molar-refractivity contribution in [3.63, 3.8) is 0 Å². The Kier molecular flexibility index (Phi) is 6.89. The summed E-state index contributed by atoms with van der Waals surface area (Å²) in [5.74, 6) is 0.955. The van der Waals surface area contributed by atoms with Crippen molar-refractivity contribution in [1.82, 2.24) is 10.3 Å². The Hall–Kier alpha value is -1.19. The molecule has 1 aromatic heterocycles. The van der Waals surface area contributed by atoms with Gasteiger partial charge in [-0.2, -0.15) is 0 Å². The van der Waals surface area contributed by atoms with Crippen LogP contribution in [0.1, 0.15) is 32.8 Å². The largest absolute Gasteiger partial charge is 0.494 e. The molecule has 0 unspecified atom stereocenters. The van der Waals surface area contributed by atoms with E-state index in [4.69, 9.17) is 4.74 Å². The topological polar surface area (TPSA) is 37.0 Å². The second-order valence-corrected chi connectivity index (χ2v) is 5.17. The average Bonchev–Trinajstić information content (AvgIpc) is 2.77. The van der Waals surface area contributed by atoms with E-state index in [1.54, 1.807) is 0 Å². The van der Waals surface area contributed by atoms with Crippen molar-refractivity contribution in [2.24, 2.45) is 0 Å². The highest BCUT2D eigenvalue weighted by atomic mass is 35.5. The van der Waals surface area contributed by atoms with Gasteiger partial charge in [0.1, 0.15) is 5.75 Å². The molecule has 3 nitrogen and oxygen atoms in total. The van der Waals surface area contributed by atoms with E-state index < -0.39 is 0 Å². The molecule has 0 saturated heterocycles. The number of nitrogens with one attached hydrogen (secondary N) is 2. The molecule has 2 aromatic rings. The van der Waals surface area contributed by atoms with Gasteiger partial charge in [-0.25, -0.2) is 0 Å². The molecule has 112 valence electrons. The molecule has 0 spiro atoms. The maximum absolute atomic E-state index is 5.57. The van der Waals surface area contributed by atoms with Crippen LogP contribution in [0.5, 0.6) is 5.75 Å². The first-order valence-electron chi connectivity index (χ1n) is 7.17. The number of hydrogen-bond donors (Lipinski definition) is 2. The number of H-pyrrole nitrogens is 1. The highest BCUT2D eigenvalue weighted by Gasteiger charge is 2.05. The summed E-state index contributed by atoms with van der Waals surface area (Å²) in [6, 6.07) is 6.82. The highest BCUT2D eigenvalue weighted by molar-refractivity contribution is 5.85. The van der Waals surface area contributed by atoms with E-state index in [-0.39, 0.29) is 12.4 Å². The maximum Gasteiger partial charge on any atom is 0.120 e. The molecule has 2 N–H and O–H groups in total. The van der Waals surface area contributed by atoms with Crippen molar-refractivity contribution >= 4 is 23.3 Å². The SMILES string of the molecule is CCOc1ccc2[nH]cc(CCCNC(C)C)c2c1.Cl. The molecule has 1 aromatic carbocycles. The number of ether oxygens (including phenoxy) is 1. The standard InChI is InChI=1S/C16H24N2O.ClH/c1-4-19-14-7-8-16-15(10-14)13(11-18-16)6-5-9-17-12(2)3;/h7-8,10-12,17-18H,4-6,9H2,1-3H3;1H. The van der Waals surface area contributed by atoms with Gasteiger partial charge < -0.3 is 15.0 Å². The molecule has 0 aliphatic rings. The first-order chi connectivity index (χ1) is 9.20. The fourth-order valence-corrected chi connectivity index (χ4v) is 2.29. The zero-order valence-corrected chi connectivity index (χ0v) is 13.3. The zero-order valence-electron chi connectivity index (χ0n) is 12.5. The number of aryl methyl sites for hydroxylation is 1. The van der Waals surface area contributed by atoms with E-state index in [2.05, 4.69) is 42.5 Å². The lowest BCUT2D eigenvalue weighted by atomic mass is 10.1. The van der Waals surface area contributed by atoms with Crippen molar-refractivity contribution in [2.45, 2.75) is 39.7 Å². The Morgan fingerprint density at radius 2 is 2.10 bits per heavy atom. The van der Waals surface area contributed by atoms with Gasteiger partial charge in [0.25, 0.3) is 0 Å². The number of rotatable bonds is 7. The molecule has 0 radical (unpaired) electrons. The van der Waals surface area contributed by atoms with Crippen LogP contribution in [0.25, 0.3) is 10.9 Å². The maximum atomic E-state index is 5.57. The molecule has 0 fully saturated rings. The lowest BCUT2D eigenvalue weighted by Crippen LogP contribution is -2.23. The Morgan fingerprint density at radius 3 is 2.80 bits per heavy atom. The van der Waals surface area contributed by atoms with Crippen LogP contribution in [-0.4, -0.2) is 24.2 Å². The highest BCUT2D eigenvalue weighted by Crippen LogP contribution is 2.24. The van der Waals surface area contributed by atoms with Gasteiger partial charge in [-0.3, -0.25) is 0 Å². The summed E-state index contributed by atoms with van der Waals surface area (Å²) in [6.45, 7) is 8.15. The Bertz CT molecular complexity index is 522. The number of fused-ring (bicyclic) bond motifs is 1. The van der Waals surface area contributed by atoms with Gasteiger partial charge in [0.2, 0.25) is 0 Å². The lowest BCUT2D eigenvalue weighted by molar-refractivity contribution is 0.340. The molecule has 0 atom stereocenters. The van der Waals surface area contributed by atoms with Crippen LogP contribution in [0.15, 0.2) is 24.4 Å². The number of benzene rings is 1. The second kappa shape index (κ2) is 8.18. The van der Waals surface area contributed by atoms with E-state index >= 15 is 0 Å². The first-order valence-corrected chi connectivity index (χ1v) is 7.17. The van der Waals surface area contributed by atoms with Gasteiger partial charge in [0.15, 0.2) is 0 Å². The summed E-state index contributed by atoms with van der Waals surface area (Å²) < 4.78 is 5.57. The smallest absolute Gasteiger partial charge is 0.120 e. The Labute approximate surface area is 127 Å². The predicted molar refractivity (Wildman–Crippen MR) is 88.2 cm³/mol. The van der Waals surface area contributed by atoms with Crippen molar-refractivity contribution in [3.05, 3.63) is 30.0 Å². The molecular weight excluding hydrogens is 272 g/mol. The van der Waals surface area contributed by atoms with E-state index in [0.29, 0.717) is 12.6 Å². The minimum atomic E-state index is 0. The van der Waals surface area contributed by atoms with E-state index in [1.165, 1.54) is 16.5 Å². The van der Waals surface area contributed by atoms with Gasteiger partial charge in [0, 0.05) is 23.1 Å².